The van der Waals surface area contributed by atoms with Gasteiger partial charge in [0.1, 0.15) is 35.8 Å². The fourth-order valence-electron chi connectivity index (χ4n) is 2.08. The Morgan fingerprint density at radius 1 is 1.13 bits per heavy atom. The molecule has 2 aromatic carbocycles. The Bertz CT molecular complexity index is 886. The molecule has 0 saturated heterocycles. The average Bonchev–Trinajstić information content (AvgIpc) is 3.01. The van der Waals surface area contributed by atoms with E-state index >= 15 is 0 Å². The third-order valence-electron chi connectivity index (χ3n) is 3.10. The molecule has 1 N–H and O–H groups in total. The molecular formula is C16H10F2N4O. The molecule has 0 spiro atoms. The van der Waals surface area contributed by atoms with Gasteiger partial charge in [-0.05, 0) is 29.8 Å². The molecule has 1 aromatic heterocycles. The molecule has 5 nitrogen and oxygen atoms in total. The molecule has 0 aliphatic heterocycles. The molecule has 0 amide bonds. The molecule has 0 fully saturated rings. The summed E-state index contributed by atoms with van der Waals surface area (Å²) in [5.74, 6) is -0.660. The van der Waals surface area contributed by atoms with E-state index in [9.17, 15) is 8.78 Å². The number of halogens is 2. The molecule has 0 radical (unpaired) electrons. The van der Waals surface area contributed by atoms with Crippen molar-refractivity contribution in [3.05, 3.63) is 65.4 Å². The van der Waals surface area contributed by atoms with Crippen molar-refractivity contribution < 1.29 is 13.5 Å². The monoisotopic (exact) mass is 312 g/mol. The van der Waals surface area contributed by atoms with E-state index in [0.717, 1.165) is 0 Å². The zero-order chi connectivity index (χ0) is 16.2. The van der Waals surface area contributed by atoms with Gasteiger partial charge < -0.3 is 4.74 Å². The molecule has 7 heteroatoms. The largest absolute Gasteiger partial charge is 0.489 e. The topological polar surface area (TPSA) is 74.6 Å². The van der Waals surface area contributed by atoms with E-state index in [1.165, 1.54) is 24.3 Å². The second kappa shape index (κ2) is 6.23. The lowest BCUT2D eigenvalue weighted by molar-refractivity contribution is 0.304. The van der Waals surface area contributed by atoms with Gasteiger partial charge in [0.15, 0.2) is 5.69 Å². The number of hydrogen-bond acceptors (Lipinski definition) is 4. The fraction of sp³-hybridized carbons (Fsp3) is 0.0625. The highest BCUT2D eigenvalue weighted by atomic mass is 19.1. The van der Waals surface area contributed by atoms with Crippen molar-refractivity contribution in [2.75, 3.05) is 0 Å². The Kier molecular flexibility index (Phi) is 3.97. The molecule has 0 saturated carbocycles. The molecule has 23 heavy (non-hydrogen) atoms. The first-order chi connectivity index (χ1) is 11.2. The summed E-state index contributed by atoms with van der Waals surface area (Å²) in [5, 5.41) is 18.7. The van der Waals surface area contributed by atoms with Gasteiger partial charge in [0, 0.05) is 11.6 Å². The van der Waals surface area contributed by atoms with Gasteiger partial charge in [-0.15, -0.1) is 5.10 Å². The van der Waals surface area contributed by atoms with Crippen LogP contribution in [-0.4, -0.2) is 15.4 Å². The quantitative estimate of drug-likeness (QED) is 0.803. The molecule has 114 valence electrons. The SMILES string of the molecule is N#Cc1[nH]nnc1-c1cc(F)cc(OCc2cccc(F)c2)c1. The standard InChI is InChI=1S/C16H10F2N4O/c17-12-3-1-2-10(4-12)9-23-14-6-11(5-13(18)7-14)16-15(8-19)20-22-21-16/h1-7H,9H2,(H,20,21,22). The van der Waals surface area contributed by atoms with Gasteiger partial charge in [-0.3, -0.25) is 0 Å². The lowest BCUT2D eigenvalue weighted by Crippen LogP contribution is -1.97. The maximum absolute atomic E-state index is 13.8. The molecule has 1 heterocycles. The second-order valence-corrected chi connectivity index (χ2v) is 4.74. The third kappa shape index (κ3) is 3.32. The highest BCUT2D eigenvalue weighted by Crippen LogP contribution is 2.26. The van der Waals surface area contributed by atoms with Gasteiger partial charge >= 0.3 is 0 Å². The van der Waals surface area contributed by atoms with Crippen LogP contribution in [0.1, 0.15) is 11.3 Å². The number of H-pyrrole nitrogens is 1. The lowest BCUT2D eigenvalue weighted by Gasteiger charge is -2.08. The first kappa shape index (κ1) is 14.7. The average molecular weight is 312 g/mol. The summed E-state index contributed by atoms with van der Waals surface area (Å²) in [6.07, 6.45) is 0. The Hall–Kier alpha value is -3.27. The number of benzene rings is 2. The van der Waals surface area contributed by atoms with Crippen LogP contribution in [0.15, 0.2) is 42.5 Å². The van der Waals surface area contributed by atoms with Crippen LogP contribution >= 0.6 is 0 Å². The summed E-state index contributed by atoms with van der Waals surface area (Å²) in [6, 6.07) is 11.8. The number of nitrogens with one attached hydrogen (secondary N) is 1. The number of rotatable bonds is 4. The Morgan fingerprint density at radius 2 is 2.00 bits per heavy atom. The van der Waals surface area contributed by atoms with E-state index in [4.69, 9.17) is 10.00 Å². The van der Waals surface area contributed by atoms with Gasteiger partial charge in [0.2, 0.25) is 0 Å². The number of aromatic nitrogens is 3. The highest BCUT2D eigenvalue weighted by Gasteiger charge is 2.12. The Morgan fingerprint density at radius 3 is 2.78 bits per heavy atom. The molecule has 0 bridgehead atoms. The van der Waals surface area contributed by atoms with E-state index in [1.54, 1.807) is 18.2 Å². The normalized spacial score (nSPS) is 10.3. The second-order valence-electron chi connectivity index (χ2n) is 4.74. The fourth-order valence-corrected chi connectivity index (χ4v) is 2.08. The Balaban J connectivity index is 1.85. The van der Waals surface area contributed by atoms with E-state index in [1.807, 2.05) is 6.07 Å². The predicted molar refractivity (Wildman–Crippen MR) is 77.2 cm³/mol. The van der Waals surface area contributed by atoms with Crippen molar-refractivity contribution in [3.63, 3.8) is 0 Å². The number of hydrogen-bond donors (Lipinski definition) is 1. The maximum atomic E-state index is 13.8. The van der Waals surface area contributed by atoms with E-state index in [2.05, 4.69) is 15.4 Å². The molecule has 0 aliphatic carbocycles. The van der Waals surface area contributed by atoms with Crippen LogP contribution < -0.4 is 4.74 Å². The lowest BCUT2D eigenvalue weighted by atomic mass is 10.1. The minimum Gasteiger partial charge on any atom is -0.489 e. The van der Waals surface area contributed by atoms with Crippen molar-refractivity contribution >= 4 is 0 Å². The zero-order valence-electron chi connectivity index (χ0n) is 11.8. The van der Waals surface area contributed by atoms with E-state index in [0.29, 0.717) is 11.1 Å². The number of nitriles is 1. The predicted octanol–water partition coefficient (Wildman–Crippen LogP) is 3.20. The molecule has 0 unspecified atom stereocenters. The van der Waals surface area contributed by atoms with Gasteiger partial charge in [-0.1, -0.05) is 17.3 Å². The van der Waals surface area contributed by atoms with Crippen LogP contribution in [0, 0.1) is 23.0 Å². The van der Waals surface area contributed by atoms with Gasteiger partial charge in [0.05, 0.1) is 0 Å². The van der Waals surface area contributed by atoms with Crippen LogP contribution in [-0.2, 0) is 6.61 Å². The van der Waals surface area contributed by atoms with Gasteiger partial charge in [0.25, 0.3) is 0 Å². The molecule has 0 aliphatic rings. The minimum atomic E-state index is -0.538. The van der Waals surface area contributed by atoms with Crippen molar-refractivity contribution in [3.8, 4) is 23.1 Å². The third-order valence-corrected chi connectivity index (χ3v) is 3.10. The van der Waals surface area contributed by atoms with Crippen LogP contribution in [0.3, 0.4) is 0 Å². The van der Waals surface area contributed by atoms with Crippen LogP contribution in [0.25, 0.3) is 11.3 Å². The van der Waals surface area contributed by atoms with Gasteiger partial charge in [-0.25, -0.2) is 13.9 Å². The zero-order valence-corrected chi connectivity index (χ0v) is 11.8. The minimum absolute atomic E-state index is 0.0879. The van der Waals surface area contributed by atoms with Crippen LogP contribution in [0.5, 0.6) is 5.75 Å². The van der Waals surface area contributed by atoms with Crippen LogP contribution in [0.4, 0.5) is 8.78 Å². The number of ether oxygens (including phenoxy) is 1. The number of nitrogens with zero attached hydrogens (tertiary/aromatic N) is 3. The highest BCUT2D eigenvalue weighted by molar-refractivity contribution is 5.65. The van der Waals surface area contributed by atoms with Crippen molar-refractivity contribution in [1.29, 1.82) is 5.26 Å². The van der Waals surface area contributed by atoms with Gasteiger partial charge in [-0.2, -0.15) is 5.26 Å². The smallest absolute Gasteiger partial charge is 0.163 e. The Labute approximate surface area is 130 Å². The summed E-state index contributed by atoms with van der Waals surface area (Å²) >= 11 is 0. The van der Waals surface area contributed by atoms with Crippen molar-refractivity contribution in [2.45, 2.75) is 6.61 Å². The van der Waals surface area contributed by atoms with Crippen molar-refractivity contribution in [2.24, 2.45) is 0 Å². The maximum Gasteiger partial charge on any atom is 0.163 e. The molecule has 3 rings (SSSR count). The summed E-state index contributed by atoms with van der Waals surface area (Å²) in [6.45, 7) is 0.0879. The molecule has 3 aromatic rings. The summed E-state index contributed by atoms with van der Waals surface area (Å²) < 4.78 is 32.4. The summed E-state index contributed by atoms with van der Waals surface area (Å²) in [7, 11) is 0. The van der Waals surface area contributed by atoms with E-state index in [-0.39, 0.29) is 29.6 Å². The first-order valence-electron chi connectivity index (χ1n) is 6.65. The summed E-state index contributed by atoms with van der Waals surface area (Å²) in [4.78, 5) is 0. The first-order valence-corrected chi connectivity index (χ1v) is 6.65. The molecule has 0 atom stereocenters. The van der Waals surface area contributed by atoms with Crippen molar-refractivity contribution in [1.82, 2.24) is 15.4 Å². The van der Waals surface area contributed by atoms with Crippen LogP contribution in [0.2, 0.25) is 0 Å². The summed E-state index contributed by atoms with van der Waals surface area (Å²) in [5.41, 5.74) is 1.36. The molecular weight excluding hydrogens is 302 g/mol. The number of aromatic amines is 1. The van der Waals surface area contributed by atoms with E-state index < -0.39 is 5.82 Å².